The van der Waals surface area contributed by atoms with Crippen molar-refractivity contribution in [3.63, 3.8) is 0 Å². The molecule has 39 heavy (non-hydrogen) atoms. The van der Waals surface area contributed by atoms with Crippen LogP contribution in [0.4, 0.5) is 14.9 Å². The molecule has 0 spiro atoms. The van der Waals surface area contributed by atoms with Crippen LogP contribution in [0.25, 0.3) is 0 Å². The molecule has 3 unspecified atom stereocenters. The Hall–Kier alpha value is -3.58. The number of carbonyl (C=O) groups excluding carboxylic acids is 1. The standard InChI is InChI=1S/C32H37FN4O2/c1-20-18-36(19-21(2)39-20)32(38)35-29(23-7-5-4-6-8-23)15-24-9-10-25-16-30-28(22(3)31(24)25)17-34-37(30)27-13-11-26(33)12-14-27/h4-8,11-14,16-17,20-22,24,29,34H,9-10,15,18-19H2,1-3H3,(H,35,38)/t20?,21?,22-,24+,29?/m0/s1. The van der Waals surface area contributed by atoms with Crippen molar-refractivity contribution in [2.75, 3.05) is 18.1 Å². The number of morpholine rings is 1. The number of urea groups is 1. The molecule has 6 nitrogen and oxygen atoms in total. The smallest absolute Gasteiger partial charge is 0.318 e. The average molecular weight is 529 g/mol. The van der Waals surface area contributed by atoms with Crippen LogP contribution >= 0.6 is 0 Å². The summed E-state index contributed by atoms with van der Waals surface area (Å²) in [4.78, 5) is 15.3. The van der Waals surface area contributed by atoms with Crippen LogP contribution in [0.15, 0.2) is 89.3 Å². The van der Waals surface area contributed by atoms with Gasteiger partial charge in [0.15, 0.2) is 0 Å². The summed E-state index contributed by atoms with van der Waals surface area (Å²) in [7, 11) is 0. The Morgan fingerprint density at radius 3 is 2.51 bits per heavy atom. The van der Waals surface area contributed by atoms with Crippen molar-refractivity contribution < 1.29 is 13.9 Å². The van der Waals surface area contributed by atoms with Gasteiger partial charge in [-0.05, 0) is 80.5 Å². The lowest BCUT2D eigenvalue weighted by Crippen LogP contribution is -2.52. The number of anilines is 1. The van der Waals surface area contributed by atoms with E-state index in [-0.39, 0.29) is 36.0 Å². The van der Waals surface area contributed by atoms with Crippen LogP contribution in [-0.4, -0.2) is 36.2 Å². The minimum atomic E-state index is -0.238. The molecule has 1 saturated heterocycles. The number of allylic oxidation sites excluding steroid dienone is 4. The lowest BCUT2D eigenvalue weighted by atomic mass is 9.78. The van der Waals surface area contributed by atoms with Gasteiger partial charge in [-0.3, -0.25) is 5.01 Å². The molecule has 0 aromatic heterocycles. The highest BCUT2D eigenvalue weighted by atomic mass is 19.1. The Labute approximate surface area is 230 Å². The molecule has 2 N–H and O–H groups in total. The Bertz CT molecular complexity index is 1310. The van der Waals surface area contributed by atoms with Crippen molar-refractivity contribution in [2.45, 2.75) is 58.3 Å². The zero-order valence-corrected chi connectivity index (χ0v) is 22.9. The maximum absolute atomic E-state index is 13.5. The molecule has 0 saturated carbocycles. The average Bonchev–Trinajstić information content (AvgIpc) is 3.53. The predicted octanol–water partition coefficient (Wildman–Crippen LogP) is 6.22. The topological polar surface area (TPSA) is 56.8 Å². The molecule has 6 rings (SSSR count). The van der Waals surface area contributed by atoms with Crippen LogP contribution in [0, 0.1) is 17.7 Å². The van der Waals surface area contributed by atoms with Crippen LogP contribution in [0.5, 0.6) is 0 Å². The molecule has 0 radical (unpaired) electrons. The van der Waals surface area contributed by atoms with Crippen LogP contribution in [-0.2, 0) is 4.74 Å². The van der Waals surface area contributed by atoms with Crippen LogP contribution in [0.1, 0.15) is 51.6 Å². The third kappa shape index (κ3) is 5.08. The number of nitrogens with zero attached hydrogens (tertiary/aromatic N) is 2. The van der Waals surface area contributed by atoms with Gasteiger partial charge < -0.3 is 20.4 Å². The minimum Gasteiger partial charge on any atom is -0.372 e. The van der Waals surface area contributed by atoms with E-state index in [0.717, 1.165) is 36.2 Å². The van der Waals surface area contributed by atoms with E-state index in [1.807, 2.05) is 42.0 Å². The fourth-order valence-corrected chi connectivity index (χ4v) is 6.79. The van der Waals surface area contributed by atoms with Crippen LogP contribution in [0.3, 0.4) is 0 Å². The lowest BCUT2D eigenvalue weighted by Gasteiger charge is -2.37. The van der Waals surface area contributed by atoms with Crippen molar-refractivity contribution >= 4 is 11.7 Å². The maximum atomic E-state index is 13.5. The van der Waals surface area contributed by atoms with E-state index >= 15 is 0 Å². The number of ether oxygens (including phenoxy) is 1. The molecule has 204 valence electrons. The third-order valence-corrected chi connectivity index (χ3v) is 8.51. The largest absolute Gasteiger partial charge is 0.372 e. The number of rotatable bonds is 5. The summed E-state index contributed by atoms with van der Waals surface area (Å²) in [6.07, 6.45) is 7.40. The second kappa shape index (κ2) is 10.5. The van der Waals surface area contributed by atoms with Crippen LogP contribution < -0.4 is 15.8 Å². The van der Waals surface area contributed by atoms with E-state index in [0.29, 0.717) is 19.0 Å². The van der Waals surface area contributed by atoms with Gasteiger partial charge in [0.1, 0.15) is 5.82 Å². The van der Waals surface area contributed by atoms with E-state index in [4.69, 9.17) is 4.74 Å². The summed E-state index contributed by atoms with van der Waals surface area (Å²) in [6.45, 7) is 7.54. The van der Waals surface area contributed by atoms with E-state index in [1.165, 1.54) is 28.9 Å². The fraction of sp³-hybridized carbons (Fsp3) is 0.406. The first-order valence-corrected chi connectivity index (χ1v) is 14.1. The second-order valence-electron chi connectivity index (χ2n) is 11.3. The van der Waals surface area contributed by atoms with Gasteiger partial charge in [-0.1, -0.05) is 42.8 Å². The number of fused-ring (bicyclic) bond motifs is 1. The van der Waals surface area contributed by atoms with E-state index < -0.39 is 0 Å². The molecule has 7 heteroatoms. The quantitative estimate of drug-likeness (QED) is 0.484. The normalized spacial score (nSPS) is 26.9. The maximum Gasteiger partial charge on any atom is 0.318 e. The molecule has 2 aromatic rings. The molecular formula is C32H37FN4O2. The number of amides is 2. The highest BCUT2D eigenvalue weighted by Crippen LogP contribution is 2.49. The molecular weight excluding hydrogens is 491 g/mol. The van der Waals surface area contributed by atoms with Crippen molar-refractivity contribution in [1.82, 2.24) is 15.6 Å². The lowest BCUT2D eigenvalue weighted by molar-refractivity contribution is -0.0548. The molecule has 0 bridgehead atoms. The number of nitrogens with one attached hydrogen (secondary N) is 2. The van der Waals surface area contributed by atoms with Gasteiger partial charge in [-0.25, -0.2) is 9.18 Å². The number of hydrogen-bond acceptors (Lipinski definition) is 4. The summed E-state index contributed by atoms with van der Waals surface area (Å²) >= 11 is 0. The highest BCUT2D eigenvalue weighted by molar-refractivity contribution is 5.75. The van der Waals surface area contributed by atoms with Crippen molar-refractivity contribution in [3.05, 3.63) is 101 Å². The Morgan fingerprint density at radius 2 is 1.79 bits per heavy atom. The van der Waals surface area contributed by atoms with Crippen LogP contribution in [0.2, 0.25) is 0 Å². The Balaban J connectivity index is 1.24. The number of benzene rings is 2. The SMILES string of the molecule is CC1CN(C(=O)NC(C[C@H]2CCC3=C2[C@@H](C)C2=CNN(c4ccc(F)cc4)C2=C3)c2ccccc2)CC(C)O1. The molecule has 1 fully saturated rings. The van der Waals surface area contributed by atoms with Gasteiger partial charge in [0, 0.05) is 30.8 Å². The van der Waals surface area contributed by atoms with Crippen molar-refractivity contribution in [3.8, 4) is 0 Å². The van der Waals surface area contributed by atoms with E-state index in [1.54, 1.807) is 12.1 Å². The van der Waals surface area contributed by atoms with Gasteiger partial charge in [0.2, 0.25) is 0 Å². The van der Waals surface area contributed by atoms with Gasteiger partial charge in [0.25, 0.3) is 0 Å². The first-order chi connectivity index (χ1) is 18.9. The van der Waals surface area contributed by atoms with Gasteiger partial charge >= 0.3 is 6.03 Å². The predicted molar refractivity (Wildman–Crippen MR) is 151 cm³/mol. The van der Waals surface area contributed by atoms with Crippen molar-refractivity contribution in [1.29, 1.82) is 0 Å². The Kier molecular flexibility index (Phi) is 6.94. The zero-order chi connectivity index (χ0) is 27.1. The van der Waals surface area contributed by atoms with E-state index in [9.17, 15) is 9.18 Å². The van der Waals surface area contributed by atoms with Gasteiger partial charge in [0.05, 0.1) is 29.6 Å². The number of carbonyl (C=O) groups is 1. The minimum absolute atomic E-state index is 0.0189. The number of hydrazine groups is 1. The summed E-state index contributed by atoms with van der Waals surface area (Å²) in [5.41, 5.74) is 10.7. The summed E-state index contributed by atoms with van der Waals surface area (Å²) in [6, 6.07) is 16.8. The molecule has 2 aliphatic carbocycles. The van der Waals surface area contributed by atoms with Gasteiger partial charge in [-0.15, -0.1) is 0 Å². The van der Waals surface area contributed by atoms with E-state index in [2.05, 4.69) is 42.1 Å². The highest BCUT2D eigenvalue weighted by Gasteiger charge is 2.39. The first kappa shape index (κ1) is 25.7. The summed E-state index contributed by atoms with van der Waals surface area (Å²) < 4.78 is 19.4. The zero-order valence-electron chi connectivity index (χ0n) is 22.9. The third-order valence-electron chi connectivity index (χ3n) is 8.51. The summed E-state index contributed by atoms with van der Waals surface area (Å²) in [5, 5.41) is 5.43. The Morgan fingerprint density at radius 1 is 1.08 bits per heavy atom. The molecule has 4 aliphatic rings. The second-order valence-corrected chi connectivity index (χ2v) is 11.3. The molecule has 5 atom stereocenters. The monoisotopic (exact) mass is 528 g/mol. The number of halogens is 1. The molecule has 2 aromatic carbocycles. The molecule has 2 heterocycles. The summed E-state index contributed by atoms with van der Waals surface area (Å²) in [5.74, 6) is 0.401. The molecule has 2 aliphatic heterocycles. The molecule has 2 amide bonds. The number of hydrogen-bond donors (Lipinski definition) is 2. The van der Waals surface area contributed by atoms with Crippen molar-refractivity contribution in [2.24, 2.45) is 11.8 Å². The first-order valence-electron chi connectivity index (χ1n) is 14.1. The van der Waals surface area contributed by atoms with Gasteiger partial charge in [-0.2, -0.15) is 0 Å². The fourth-order valence-electron chi connectivity index (χ4n) is 6.79.